The summed E-state index contributed by atoms with van der Waals surface area (Å²) in [6, 6.07) is 13.0. The molecule has 0 radical (unpaired) electrons. The summed E-state index contributed by atoms with van der Waals surface area (Å²) in [5.74, 6) is 0.548. The first-order chi connectivity index (χ1) is 21.1. The molecule has 0 spiro atoms. The predicted octanol–water partition coefficient (Wildman–Crippen LogP) is 4.98. The minimum Gasteiger partial charge on any atom is -0.507 e. The summed E-state index contributed by atoms with van der Waals surface area (Å²) in [6.45, 7) is 16.4. The molecule has 0 saturated carbocycles. The summed E-state index contributed by atoms with van der Waals surface area (Å²) >= 11 is 2.60. The Hall–Kier alpha value is -3.51. The van der Waals surface area contributed by atoms with E-state index >= 15 is 0 Å². The van der Waals surface area contributed by atoms with E-state index in [1.54, 1.807) is 30.0 Å². The summed E-state index contributed by atoms with van der Waals surface area (Å²) in [5.41, 5.74) is 1.90. The Morgan fingerprint density at radius 3 is 2.18 bits per heavy atom. The second kappa shape index (κ2) is 14.3. The van der Waals surface area contributed by atoms with Crippen LogP contribution in [0.1, 0.15) is 70.0 Å². The summed E-state index contributed by atoms with van der Waals surface area (Å²) in [4.78, 5) is 42.5. The SMILES string of the molecule is C[C@H](CSC(=O)c1ccccc1)C(=O)Nc1c[n+](N2CCN(C(=O)CSc3cc(C(C)(C)C)c(O)c(C(C)(C)C)c3)CC2)no1. The Morgan fingerprint density at radius 1 is 1.00 bits per heavy atom. The highest BCUT2D eigenvalue weighted by Gasteiger charge is 2.30. The van der Waals surface area contributed by atoms with Gasteiger partial charge in [-0.1, -0.05) is 90.6 Å². The van der Waals surface area contributed by atoms with E-state index in [1.165, 1.54) is 11.8 Å². The fraction of sp³-hybridized carbons (Fsp3) is 0.485. The number of piperazine rings is 1. The maximum atomic E-state index is 13.1. The van der Waals surface area contributed by atoms with Crippen molar-refractivity contribution in [1.29, 1.82) is 0 Å². The van der Waals surface area contributed by atoms with Gasteiger partial charge < -0.3 is 10.0 Å². The number of hydrogen-bond acceptors (Lipinski definition) is 9. The number of hydrogen-bond donors (Lipinski definition) is 2. The van der Waals surface area contributed by atoms with E-state index < -0.39 is 5.92 Å². The van der Waals surface area contributed by atoms with Crippen molar-refractivity contribution in [2.24, 2.45) is 5.92 Å². The van der Waals surface area contributed by atoms with Crippen LogP contribution in [0.3, 0.4) is 0 Å². The van der Waals surface area contributed by atoms with Gasteiger partial charge in [0, 0.05) is 46.3 Å². The molecule has 0 aliphatic carbocycles. The average Bonchev–Trinajstić information content (AvgIpc) is 3.46. The van der Waals surface area contributed by atoms with Crippen molar-refractivity contribution in [2.45, 2.75) is 64.2 Å². The molecule has 2 N–H and O–H groups in total. The fourth-order valence-corrected chi connectivity index (χ4v) is 6.56. The zero-order valence-electron chi connectivity index (χ0n) is 27.1. The molecule has 1 fully saturated rings. The first-order valence-corrected chi connectivity index (χ1v) is 17.1. The van der Waals surface area contributed by atoms with Gasteiger partial charge in [0.2, 0.25) is 22.2 Å². The molecule has 45 heavy (non-hydrogen) atoms. The normalized spacial score (nSPS) is 14.7. The molecular formula is C33H44N5O5S2+. The first-order valence-electron chi connectivity index (χ1n) is 15.1. The van der Waals surface area contributed by atoms with Crippen LogP contribution in [0.25, 0.3) is 0 Å². The van der Waals surface area contributed by atoms with Gasteiger partial charge in [-0.2, -0.15) is 0 Å². The number of nitrogens with one attached hydrogen (secondary N) is 1. The molecule has 1 saturated heterocycles. The zero-order valence-corrected chi connectivity index (χ0v) is 28.8. The fourth-order valence-electron chi connectivity index (χ4n) is 4.83. The number of carbonyl (C=O) groups is 3. The van der Waals surface area contributed by atoms with E-state index in [2.05, 4.69) is 52.1 Å². The highest BCUT2D eigenvalue weighted by molar-refractivity contribution is 8.14. The Morgan fingerprint density at radius 2 is 1.60 bits per heavy atom. The topological polar surface area (TPSA) is 120 Å². The van der Waals surface area contributed by atoms with Crippen LogP contribution >= 0.6 is 23.5 Å². The Kier molecular flexibility index (Phi) is 10.9. The average molecular weight is 655 g/mol. The third kappa shape index (κ3) is 9.03. The smallest absolute Gasteiger partial charge is 0.305 e. The van der Waals surface area contributed by atoms with Crippen molar-refractivity contribution in [2.75, 3.05) is 48.0 Å². The van der Waals surface area contributed by atoms with Gasteiger partial charge in [-0.05, 0) is 23.0 Å². The van der Waals surface area contributed by atoms with Gasteiger partial charge in [0.1, 0.15) is 5.75 Å². The summed E-state index contributed by atoms with van der Waals surface area (Å²) in [7, 11) is 0. The third-order valence-corrected chi connectivity index (χ3v) is 9.71. The third-order valence-electron chi connectivity index (χ3n) is 7.58. The Bertz CT molecular complexity index is 1470. The van der Waals surface area contributed by atoms with E-state index in [1.807, 2.05) is 40.2 Å². The maximum Gasteiger partial charge on any atom is 0.305 e. The number of amides is 2. The molecule has 3 aromatic rings. The molecule has 2 heterocycles. The van der Waals surface area contributed by atoms with Gasteiger partial charge in [0.25, 0.3) is 6.20 Å². The van der Waals surface area contributed by atoms with Gasteiger partial charge in [-0.15, -0.1) is 16.8 Å². The van der Waals surface area contributed by atoms with Gasteiger partial charge in [-0.3, -0.25) is 24.2 Å². The van der Waals surface area contributed by atoms with E-state index in [0.717, 1.165) is 27.8 Å². The molecule has 2 aromatic carbocycles. The number of phenols is 1. The molecule has 0 unspecified atom stereocenters. The standard InChI is InChI=1S/C33H43N5O5S2/c1-22(20-45-31(42)23-11-9-8-10-12-23)30(41)34-27-19-38(35-43-27)37-15-13-36(14-16-37)28(39)21-44-24-17-25(32(2,3)4)29(40)26(18-24)33(5,6)7/h8-12,17-19,22H,13-16,20-21H2,1-7H3,(H-,34,35,40,41)/p+1/t22-/m1/s1. The molecule has 0 bridgehead atoms. The van der Waals surface area contributed by atoms with Crippen LogP contribution < -0.4 is 15.1 Å². The highest BCUT2D eigenvalue weighted by Crippen LogP contribution is 2.41. The van der Waals surface area contributed by atoms with Gasteiger partial charge in [0.05, 0.1) is 23.6 Å². The van der Waals surface area contributed by atoms with Crippen molar-refractivity contribution >= 4 is 46.3 Å². The van der Waals surface area contributed by atoms with Crippen molar-refractivity contribution in [1.82, 2.24) is 10.2 Å². The number of thioether (sulfide) groups is 2. The molecular weight excluding hydrogens is 611 g/mol. The molecule has 12 heteroatoms. The quantitative estimate of drug-likeness (QED) is 0.243. The van der Waals surface area contributed by atoms with Gasteiger partial charge in [0.15, 0.2) is 0 Å². The number of aromatic nitrogens is 2. The van der Waals surface area contributed by atoms with Crippen LogP contribution in [0.4, 0.5) is 5.88 Å². The summed E-state index contributed by atoms with van der Waals surface area (Å²) < 4.78 is 5.33. The van der Waals surface area contributed by atoms with Crippen LogP contribution in [0.5, 0.6) is 5.75 Å². The molecule has 1 aromatic heterocycles. The van der Waals surface area contributed by atoms with Crippen LogP contribution in [0, 0.1) is 5.92 Å². The van der Waals surface area contributed by atoms with E-state index in [4.69, 9.17) is 4.52 Å². The number of aromatic hydroxyl groups is 1. The lowest BCUT2D eigenvalue weighted by Gasteiger charge is -2.30. The molecule has 10 nitrogen and oxygen atoms in total. The second-order valence-electron chi connectivity index (χ2n) is 13.3. The molecule has 1 aliphatic heterocycles. The van der Waals surface area contributed by atoms with Crippen LogP contribution in [-0.4, -0.2) is 69.9 Å². The molecule has 242 valence electrons. The molecule has 1 aliphatic rings. The van der Waals surface area contributed by atoms with Crippen molar-refractivity contribution < 1.29 is 28.8 Å². The maximum absolute atomic E-state index is 13.1. The lowest BCUT2D eigenvalue weighted by Crippen LogP contribution is -2.66. The van der Waals surface area contributed by atoms with Crippen molar-refractivity contribution in [3.05, 3.63) is 65.4 Å². The van der Waals surface area contributed by atoms with Crippen LogP contribution in [0.2, 0.25) is 0 Å². The minimum atomic E-state index is -0.421. The number of rotatable bonds is 9. The number of nitrogens with zero attached hydrogens (tertiary/aromatic N) is 4. The number of phenolic OH excluding ortho intramolecular Hbond substituents is 1. The molecule has 4 rings (SSSR count). The minimum absolute atomic E-state index is 0.0538. The lowest BCUT2D eigenvalue weighted by atomic mass is 9.79. The van der Waals surface area contributed by atoms with E-state index in [9.17, 15) is 19.5 Å². The van der Waals surface area contributed by atoms with Crippen molar-refractivity contribution in [3.63, 3.8) is 0 Å². The lowest BCUT2D eigenvalue weighted by molar-refractivity contribution is -0.759. The largest absolute Gasteiger partial charge is 0.507 e. The highest BCUT2D eigenvalue weighted by atomic mass is 32.2. The summed E-state index contributed by atoms with van der Waals surface area (Å²) in [5, 5.41) is 19.6. The molecule has 2 amide bonds. The van der Waals surface area contributed by atoms with Gasteiger partial charge >= 0.3 is 5.88 Å². The summed E-state index contributed by atoms with van der Waals surface area (Å²) in [6.07, 6.45) is 1.60. The van der Waals surface area contributed by atoms with Crippen LogP contribution in [0.15, 0.2) is 58.1 Å². The molecule has 1 atom stereocenters. The second-order valence-corrected chi connectivity index (χ2v) is 15.4. The number of benzene rings is 2. The predicted molar refractivity (Wildman–Crippen MR) is 178 cm³/mol. The van der Waals surface area contributed by atoms with Crippen LogP contribution in [-0.2, 0) is 20.4 Å². The Labute approximate surface area is 273 Å². The van der Waals surface area contributed by atoms with Gasteiger partial charge in [-0.25, -0.2) is 0 Å². The Balaban J connectivity index is 1.26. The number of anilines is 1. The van der Waals surface area contributed by atoms with E-state index in [-0.39, 0.29) is 33.6 Å². The monoisotopic (exact) mass is 654 g/mol. The van der Waals surface area contributed by atoms with Crippen molar-refractivity contribution in [3.8, 4) is 5.75 Å². The van der Waals surface area contributed by atoms with E-state index in [0.29, 0.717) is 49.0 Å². The number of carbonyl (C=O) groups excluding carboxylic acids is 3. The zero-order chi connectivity index (χ0) is 32.9. The first kappa shape index (κ1) is 34.4.